The zero-order chi connectivity index (χ0) is 13.2. The van der Waals surface area contributed by atoms with Crippen LogP contribution in [0.25, 0.3) is 0 Å². The van der Waals surface area contributed by atoms with Gasteiger partial charge in [-0.15, -0.1) is 0 Å². The van der Waals surface area contributed by atoms with Crippen molar-refractivity contribution < 1.29 is 9.13 Å². The van der Waals surface area contributed by atoms with Crippen LogP contribution in [0.1, 0.15) is 30.9 Å². The minimum absolute atomic E-state index is 0.159. The van der Waals surface area contributed by atoms with E-state index in [1.165, 1.54) is 18.1 Å². The van der Waals surface area contributed by atoms with E-state index in [1.807, 2.05) is 13.0 Å². The van der Waals surface area contributed by atoms with Crippen molar-refractivity contribution in [1.29, 1.82) is 0 Å². The molecule has 0 aliphatic rings. The fraction of sp³-hybridized carbons (Fsp3) is 0.600. The molecule has 0 aromatic heterocycles. The van der Waals surface area contributed by atoms with E-state index in [2.05, 4.69) is 12.2 Å². The standard InChI is InChI=1S/C15H24FNO/c1-3-4-10-18-11-9-17-8-7-14-5-6-15(16)12-13(14)2/h5-6,12,17H,3-4,7-11H2,1-2H3. The minimum Gasteiger partial charge on any atom is -0.380 e. The molecule has 0 aliphatic carbocycles. The molecular formula is C15H24FNO. The summed E-state index contributed by atoms with van der Waals surface area (Å²) in [6.07, 6.45) is 3.24. The molecule has 1 N–H and O–H groups in total. The highest BCUT2D eigenvalue weighted by molar-refractivity contribution is 5.26. The highest BCUT2D eigenvalue weighted by Crippen LogP contribution is 2.10. The van der Waals surface area contributed by atoms with Gasteiger partial charge in [0.05, 0.1) is 6.61 Å². The molecule has 2 nitrogen and oxygen atoms in total. The molecule has 0 aliphatic heterocycles. The number of unbranched alkanes of at least 4 members (excludes halogenated alkanes) is 1. The van der Waals surface area contributed by atoms with Gasteiger partial charge in [0.25, 0.3) is 0 Å². The van der Waals surface area contributed by atoms with Crippen molar-refractivity contribution in [1.82, 2.24) is 5.32 Å². The Balaban J connectivity index is 2.07. The van der Waals surface area contributed by atoms with Gasteiger partial charge in [-0.3, -0.25) is 0 Å². The summed E-state index contributed by atoms with van der Waals surface area (Å²) in [5, 5.41) is 3.33. The summed E-state index contributed by atoms with van der Waals surface area (Å²) in [6, 6.07) is 4.98. The molecule has 0 saturated carbocycles. The first-order valence-corrected chi connectivity index (χ1v) is 6.77. The van der Waals surface area contributed by atoms with Crippen LogP contribution in [0.3, 0.4) is 0 Å². The van der Waals surface area contributed by atoms with Crippen molar-refractivity contribution in [2.45, 2.75) is 33.1 Å². The van der Waals surface area contributed by atoms with E-state index in [0.717, 1.165) is 44.7 Å². The first-order valence-electron chi connectivity index (χ1n) is 6.77. The molecule has 1 rings (SSSR count). The Bertz CT molecular complexity index is 341. The van der Waals surface area contributed by atoms with Crippen molar-refractivity contribution in [2.75, 3.05) is 26.3 Å². The van der Waals surface area contributed by atoms with Gasteiger partial charge < -0.3 is 10.1 Å². The molecule has 1 aromatic carbocycles. The predicted octanol–water partition coefficient (Wildman–Crippen LogP) is 3.08. The molecule has 0 fully saturated rings. The van der Waals surface area contributed by atoms with E-state index >= 15 is 0 Å². The molecule has 0 amide bonds. The molecular weight excluding hydrogens is 229 g/mol. The number of aryl methyl sites for hydroxylation is 1. The summed E-state index contributed by atoms with van der Waals surface area (Å²) in [6.45, 7) is 7.52. The fourth-order valence-corrected chi connectivity index (χ4v) is 1.78. The van der Waals surface area contributed by atoms with Crippen LogP contribution in [-0.4, -0.2) is 26.3 Å². The molecule has 3 heteroatoms. The van der Waals surface area contributed by atoms with Crippen molar-refractivity contribution >= 4 is 0 Å². The van der Waals surface area contributed by atoms with Gasteiger partial charge in [0.15, 0.2) is 0 Å². The highest BCUT2D eigenvalue weighted by Gasteiger charge is 1.99. The summed E-state index contributed by atoms with van der Waals surface area (Å²) in [5.41, 5.74) is 2.23. The lowest BCUT2D eigenvalue weighted by Gasteiger charge is -2.08. The summed E-state index contributed by atoms with van der Waals surface area (Å²) in [5.74, 6) is -0.159. The third kappa shape index (κ3) is 6.12. The lowest BCUT2D eigenvalue weighted by Crippen LogP contribution is -2.22. The van der Waals surface area contributed by atoms with Crippen LogP contribution in [0.15, 0.2) is 18.2 Å². The van der Waals surface area contributed by atoms with E-state index in [1.54, 1.807) is 6.07 Å². The second-order valence-corrected chi connectivity index (χ2v) is 4.54. The molecule has 102 valence electrons. The average Bonchev–Trinajstić information content (AvgIpc) is 2.35. The van der Waals surface area contributed by atoms with E-state index in [9.17, 15) is 4.39 Å². The van der Waals surface area contributed by atoms with Gasteiger partial charge >= 0.3 is 0 Å². The first kappa shape index (κ1) is 15.1. The molecule has 0 radical (unpaired) electrons. The largest absolute Gasteiger partial charge is 0.380 e. The number of nitrogens with one attached hydrogen (secondary N) is 1. The van der Waals surface area contributed by atoms with Crippen molar-refractivity contribution in [3.8, 4) is 0 Å². The van der Waals surface area contributed by atoms with Gasteiger partial charge in [-0.25, -0.2) is 4.39 Å². The van der Waals surface area contributed by atoms with Crippen LogP contribution >= 0.6 is 0 Å². The number of rotatable bonds is 9. The molecule has 18 heavy (non-hydrogen) atoms. The zero-order valence-corrected chi connectivity index (χ0v) is 11.5. The van der Waals surface area contributed by atoms with E-state index in [-0.39, 0.29) is 5.82 Å². The van der Waals surface area contributed by atoms with Gasteiger partial charge in [0.1, 0.15) is 5.82 Å². The van der Waals surface area contributed by atoms with E-state index < -0.39 is 0 Å². The lowest BCUT2D eigenvalue weighted by atomic mass is 10.1. The number of hydrogen-bond donors (Lipinski definition) is 1. The topological polar surface area (TPSA) is 21.3 Å². The van der Waals surface area contributed by atoms with Gasteiger partial charge in [-0.1, -0.05) is 19.4 Å². The zero-order valence-electron chi connectivity index (χ0n) is 11.5. The second-order valence-electron chi connectivity index (χ2n) is 4.54. The second kappa shape index (κ2) is 9.06. The summed E-state index contributed by atoms with van der Waals surface area (Å²) < 4.78 is 18.4. The van der Waals surface area contributed by atoms with Crippen LogP contribution in [-0.2, 0) is 11.2 Å². The predicted molar refractivity (Wildman–Crippen MR) is 73.4 cm³/mol. The van der Waals surface area contributed by atoms with E-state index in [0.29, 0.717) is 0 Å². The maximum Gasteiger partial charge on any atom is 0.123 e. The van der Waals surface area contributed by atoms with Crippen LogP contribution in [0.5, 0.6) is 0 Å². The lowest BCUT2D eigenvalue weighted by molar-refractivity contribution is 0.133. The van der Waals surface area contributed by atoms with Crippen molar-refractivity contribution in [2.24, 2.45) is 0 Å². The van der Waals surface area contributed by atoms with Crippen LogP contribution in [0.4, 0.5) is 4.39 Å². The minimum atomic E-state index is -0.159. The van der Waals surface area contributed by atoms with Gasteiger partial charge in [-0.2, -0.15) is 0 Å². The van der Waals surface area contributed by atoms with Crippen LogP contribution < -0.4 is 5.32 Å². The van der Waals surface area contributed by atoms with E-state index in [4.69, 9.17) is 4.74 Å². The average molecular weight is 253 g/mol. The molecule has 1 aromatic rings. The Hall–Kier alpha value is -0.930. The fourth-order valence-electron chi connectivity index (χ4n) is 1.78. The van der Waals surface area contributed by atoms with Crippen LogP contribution in [0.2, 0.25) is 0 Å². The van der Waals surface area contributed by atoms with Crippen molar-refractivity contribution in [3.05, 3.63) is 35.1 Å². The van der Waals surface area contributed by atoms with Gasteiger partial charge in [0, 0.05) is 13.2 Å². The molecule has 0 atom stereocenters. The Labute approximate surface area is 110 Å². The third-order valence-corrected chi connectivity index (χ3v) is 2.94. The Morgan fingerprint density at radius 3 is 2.78 bits per heavy atom. The maximum absolute atomic E-state index is 12.9. The highest BCUT2D eigenvalue weighted by atomic mass is 19.1. The Morgan fingerprint density at radius 2 is 2.06 bits per heavy atom. The molecule has 0 unspecified atom stereocenters. The summed E-state index contributed by atoms with van der Waals surface area (Å²) >= 11 is 0. The summed E-state index contributed by atoms with van der Waals surface area (Å²) in [4.78, 5) is 0. The monoisotopic (exact) mass is 253 g/mol. The van der Waals surface area contributed by atoms with Crippen LogP contribution in [0, 0.1) is 12.7 Å². The number of ether oxygens (including phenoxy) is 1. The smallest absolute Gasteiger partial charge is 0.123 e. The molecule has 0 spiro atoms. The maximum atomic E-state index is 12.9. The molecule has 0 bridgehead atoms. The normalized spacial score (nSPS) is 10.8. The van der Waals surface area contributed by atoms with Gasteiger partial charge in [0.2, 0.25) is 0 Å². The quantitative estimate of drug-likeness (QED) is 0.683. The third-order valence-electron chi connectivity index (χ3n) is 2.94. The number of hydrogen-bond acceptors (Lipinski definition) is 2. The van der Waals surface area contributed by atoms with Gasteiger partial charge in [-0.05, 0) is 49.6 Å². The Morgan fingerprint density at radius 1 is 1.22 bits per heavy atom. The SMILES string of the molecule is CCCCOCCNCCc1ccc(F)cc1C. The first-order chi connectivity index (χ1) is 8.74. The molecule has 0 saturated heterocycles. The number of benzene rings is 1. The van der Waals surface area contributed by atoms with Crippen molar-refractivity contribution in [3.63, 3.8) is 0 Å². The Kier molecular flexibility index (Phi) is 7.62. The number of halogens is 1. The summed E-state index contributed by atoms with van der Waals surface area (Å²) in [7, 11) is 0. The molecule has 0 heterocycles.